The van der Waals surface area contributed by atoms with Crippen LogP contribution in [0.4, 0.5) is 11.4 Å². The van der Waals surface area contributed by atoms with E-state index in [0.29, 0.717) is 0 Å². The molecule has 68 valence electrons. The third-order valence-electron chi connectivity index (χ3n) is 1.85. The van der Waals surface area contributed by atoms with Crippen LogP contribution in [-0.2, 0) is 0 Å². The van der Waals surface area contributed by atoms with E-state index in [1.807, 2.05) is 18.2 Å². The van der Waals surface area contributed by atoms with E-state index >= 15 is 0 Å². The van der Waals surface area contributed by atoms with Crippen molar-refractivity contribution in [2.75, 3.05) is 5.73 Å². The summed E-state index contributed by atoms with van der Waals surface area (Å²) in [7, 11) is 0. The van der Waals surface area contributed by atoms with Gasteiger partial charge in [0, 0.05) is 12.1 Å². The number of nitrogens with two attached hydrogens (primary N) is 1. The van der Waals surface area contributed by atoms with E-state index in [2.05, 4.69) is 16.6 Å². The number of rotatable bonds is 1. The second-order valence-corrected chi connectivity index (χ2v) is 3.69. The predicted octanol–water partition coefficient (Wildman–Crippen LogP) is 2.32. The van der Waals surface area contributed by atoms with Gasteiger partial charge in [-0.3, -0.25) is 0 Å². The number of hydrogen-bond acceptors (Lipinski definition) is 4. The Morgan fingerprint density at radius 3 is 3.15 bits per heavy atom. The van der Waals surface area contributed by atoms with Gasteiger partial charge >= 0.3 is 0 Å². The van der Waals surface area contributed by atoms with Crippen LogP contribution in [0.2, 0.25) is 0 Å². The van der Waals surface area contributed by atoms with Crippen molar-refractivity contribution in [1.82, 2.24) is 4.72 Å². The summed E-state index contributed by atoms with van der Waals surface area (Å²) in [5.41, 5.74) is 7.45. The van der Waals surface area contributed by atoms with E-state index in [1.165, 1.54) is 0 Å². The van der Waals surface area contributed by atoms with Crippen LogP contribution >= 0.6 is 11.9 Å². The van der Waals surface area contributed by atoms with Gasteiger partial charge in [-0.2, -0.15) is 0 Å². The van der Waals surface area contributed by atoms with E-state index in [4.69, 9.17) is 5.73 Å². The molecule has 0 atom stereocenters. The number of hydrogen-bond donors (Lipinski definition) is 2. The fourth-order valence-corrected chi connectivity index (χ4v) is 1.97. The number of anilines is 1. The first kappa shape index (κ1) is 8.44. The van der Waals surface area contributed by atoms with Gasteiger partial charge in [-0.1, -0.05) is 6.92 Å². The minimum Gasteiger partial charge on any atom is -0.399 e. The molecule has 0 unspecified atom stereocenters. The van der Waals surface area contributed by atoms with Crippen LogP contribution in [-0.4, -0.2) is 5.84 Å². The quantitative estimate of drug-likeness (QED) is 0.531. The van der Waals surface area contributed by atoms with Gasteiger partial charge in [0.15, 0.2) is 0 Å². The molecule has 13 heavy (non-hydrogen) atoms. The molecular formula is C9H11N3S. The third-order valence-corrected chi connectivity index (χ3v) is 2.74. The predicted molar refractivity (Wildman–Crippen MR) is 57.2 cm³/mol. The summed E-state index contributed by atoms with van der Waals surface area (Å²) in [4.78, 5) is 5.53. The highest BCUT2D eigenvalue weighted by atomic mass is 32.2. The van der Waals surface area contributed by atoms with Crippen molar-refractivity contribution in [2.45, 2.75) is 18.2 Å². The standard InChI is InChI=1S/C9H11N3S/c1-2-9-11-7-4-3-6(10)5-8(7)13-12-9/h3-5H,2,10H2,1H3,(H,11,12). The summed E-state index contributed by atoms with van der Waals surface area (Å²) < 4.78 is 3.16. The lowest BCUT2D eigenvalue weighted by atomic mass is 10.3. The van der Waals surface area contributed by atoms with Crippen LogP contribution in [0.25, 0.3) is 0 Å². The highest BCUT2D eigenvalue weighted by Crippen LogP contribution is 2.32. The van der Waals surface area contributed by atoms with Gasteiger partial charge in [-0.15, -0.1) is 0 Å². The molecule has 0 amide bonds. The molecule has 0 radical (unpaired) electrons. The van der Waals surface area contributed by atoms with Gasteiger partial charge in [0.05, 0.1) is 10.6 Å². The van der Waals surface area contributed by atoms with E-state index in [9.17, 15) is 0 Å². The van der Waals surface area contributed by atoms with E-state index in [1.54, 1.807) is 11.9 Å². The number of amidine groups is 1. The van der Waals surface area contributed by atoms with Gasteiger partial charge in [0.2, 0.25) is 0 Å². The number of nitrogens with zero attached hydrogens (tertiary/aromatic N) is 1. The Balaban J connectivity index is 2.42. The minimum absolute atomic E-state index is 0.781. The first-order valence-electron chi connectivity index (χ1n) is 4.19. The second kappa shape index (κ2) is 3.30. The Morgan fingerprint density at radius 1 is 1.54 bits per heavy atom. The van der Waals surface area contributed by atoms with Crippen LogP contribution in [0.1, 0.15) is 13.3 Å². The number of aliphatic imine (C=N–C) groups is 1. The molecule has 0 aliphatic carbocycles. The first-order chi connectivity index (χ1) is 6.29. The molecule has 1 aliphatic rings. The molecule has 1 aromatic rings. The molecule has 0 fully saturated rings. The first-order valence-corrected chi connectivity index (χ1v) is 5.01. The molecule has 0 saturated carbocycles. The summed E-state index contributed by atoms with van der Waals surface area (Å²) in [5.74, 6) is 1.02. The largest absolute Gasteiger partial charge is 0.399 e. The van der Waals surface area contributed by atoms with Crippen molar-refractivity contribution in [1.29, 1.82) is 0 Å². The van der Waals surface area contributed by atoms with Crippen LogP contribution in [0.5, 0.6) is 0 Å². The van der Waals surface area contributed by atoms with Gasteiger partial charge in [-0.25, -0.2) is 4.99 Å². The van der Waals surface area contributed by atoms with Crippen molar-refractivity contribution < 1.29 is 0 Å². The lowest BCUT2D eigenvalue weighted by molar-refractivity contribution is 1.17. The fraction of sp³-hybridized carbons (Fsp3) is 0.222. The highest BCUT2D eigenvalue weighted by Gasteiger charge is 2.10. The van der Waals surface area contributed by atoms with Crippen molar-refractivity contribution in [2.24, 2.45) is 4.99 Å². The fourth-order valence-electron chi connectivity index (χ4n) is 1.14. The van der Waals surface area contributed by atoms with Crippen LogP contribution in [0.3, 0.4) is 0 Å². The zero-order valence-electron chi connectivity index (χ0n) is 7.37. The van der Waals surface area contributed by atoms with Gasteiger partial charge in [0.1, 0.15) is 5.84 Å². The topological polar surface area (TPSA) is 50.4 Å². The highest BCUT2D eigenvalue weighted by molar-refractivity contribution is 7.98. The zero-order valence-corrected chi connectivity index (χ0v) is 8.19. The molecule has 1 aromatic carbocycles. The van der Waals surface area contributed by atoms with Crippen molar-refractivity contribution in [3.05, 3.63) is 18.2 Å². The van der Waals surface area contributed by atoms with Crippen LogP contribution in [0, 0.1) is 0 Å². The molecule has 3 N–H and O–H groups in total. The summed E-state index contributed by atoms with van der Waals surface area (Å²) in [5, 5.41) is 0. The molecular weight excluding hydrogens is 182 g/mol. The molecule has 3 nitrogen and oxygen atoms in total. The van der Waals surface area contributed by atoms with Crippen molar-refractivity contribution in [3.8, 4) is 0 Å². The normalized spacial score (nSPS) is 14.4. The maximum absolute atomic E-state index is 5.66. The Bertz CT molecular complexity index is 360. The lowest BCUT2D eigenvalue weighted by Gasteiger charge is -2.15. The average molecular weight is 193 g/mol. The SMILES string of the molecule is CCC1=Nc2ccc(N)cc2SN1. The number of fused-ring (bicyclic) bond motifs is 1. The van der Waals surface area contributed by atoms with E-state index < -0.39 is 0 Å². The summed E-state index contributed by atoms with van der Waals surface area (Å²) in [6.07, 6.45) is 0.927. The van der Waals surface area contributed by atoms with E-state index in [0.717, 1.165) is 28.5 Å². The third kappa shape index (κ3) is 1.62. The van der Waals surface area contributed by atoms with Crippen LogP contribution in [0.15, 0.2) is 28.1 Å². The molecule has 0 aromatic heterocycles. The number of nitrogen functional groups attached to an aromatic ring is 1. The average Bonchev–Trinajstić information content (AvgIpc) is 2.17. The molecule has 1 heterocycles. The van der Waals surface area contributed by atoms with Gasteiger partial charge in [-0.05, 0) is 30.1 Å². The van der Waals surface area contributed by atoms with Gasteiger partial charge < -0.3 is 10.5 Å². The Kier molecular flexibility index (Phi) is 2.14. The zero-order chi connectivity index (χ0) is 9.26. The molecule has 0 spiro atoms. The summed E-state index contributed by atoms with van der Waals surface area (Å²) in [6, 6.07) is 5.76. The molecule has 4 heteroatoms. The number of nitrogens with one attached hydrogen (secondary N) is 1. The van der Waals surface area contributed by atoms with Gasteiger partial charge in [0.25, 0.3) is 0 Å². The minimum atomic E-state index is 0.781. The maximum atomic E-state index is 5.66. The van der Waals surface area contributed by atoms with Crippen LogP contribution < -0.4 is 10.5 Å². The Morgan fingerprint density at radius 2 is 2.38 bits per heavy atom. The number of benzene rings is 1. The smallest absolute Gasteiger partial charge is 0.112 e. The second-order valence-electron chi connectivity index (χ2n) is 2.84. The Hall–Kier alpha value is -1.16. The maximum Gasteiger partial charge on any atom is 0.112 e. The monoisotopic (exact) mass is 193 g/mol. The molecule has 0 saturated heterocycles. The Labute approximate surface area is 81.6 Å². The lowest BCUT2D eigenvalue weighted by Crippen LogP contribution is -2.16. The van der Waals surface area contributed by atoms with E-state index in [-0.39, 0.29) is 0 Å². The summed E-state index contributed by atoms with van der Waals surface area (Å²) in [6.45, 7) is 2.08. The molecule has 2 rings (SSSR count). The molecule has 1 aliphatic heterocycles. The summed E-state index contributed by atoms with van der Waals surface area (Å²) >= 11 is 1.57. The van der Waals surface area contributed by atoms with Crippen molar-refractivity contribution in [3.63, 3.8) is 0 Å². The van der Waals surface area contributed by atoms with Crippen molar-refractivity contribution >= 4 is 29.2 Å². The molecule has 0 bridgehead atoms.